The summed E-state index contributed by atoms with van der Waals surface area (Å²) >= 11 is 0. The van der Waals surface area contributed by atoms with Crippen molar-refractivity contribution in [1.29, 1.82) is 0 Å². The van der Waals surface area contributed by atoms with E-state index in [1.54, 1.807) is 0 Å². The maximum absolute atomic E-state index is 7.41. The first-order valence-corrected chi connectivity index (χ1v) is 20.9. The van der Waals surface area contributed by atoms with Crippen LogP contribution in [0.5, 0.6) is 0 Å². The van der Waals surface area contributed by atoms with Gasteiger partial charge < -0.3 is 4.42 Å². The number of hydrogen-bond donors (Lipinski definition) is 0. The van der Waals surface area contributed by atoms with E-state index in [9.17, 15) is 0 Å². The van der Waals surface area contributed by atoms with Crippen LogP contribution in [0.25, 0.3) is 131 Å². The fourth-order valence-electron chi connectivity index (χ4n) is 10.9. The molecule has 10 heteroatoms. The van der Waals surface area contributed by atoms with Gasteiger partial charge in [0.05, 0.1) is 0 Å². The highest BCUT2D eigenvalue weighted by Gasteiger charge is 2.26. The van der Waals surface area contributed by atoms with Crippen LogP contribution in [-0.4, -0.2) is 70.6 Å². The van der Waals surface area contributed by atoms with Crippen molar-refractivity contribution in [3.05, 3.63) is 127 Å². The van der Waals surface area contributed by atoms with E-state index in [1.807, 2.05) is 0 Å². The SMILES string of the molecule is [B]c1c(-c2ccc(-c3ccc4ccc5cccc6ccc3c4c56)cc2-c2ccc3ccc4cccc5ccc2c3c45)c([B])c2c(oc3c([B])c4c([B])c([B])c([B])c([B])c4c([B])c32)c1[B]. The Bertz CT molecular complexity index is 4210. The van der Waals surface area contributed by atoms with Crippen LogP contribution in [0.1, 0.15) is 0 Å². The quantitative estimate of drug-likeness (QED) is 0.188. The maximum Gasteiger partial charge on any atom is 0.128 e. The van der Waals surface area contributed by atoms with Gasteiger partial charge in [-0.1, -0.05) is 154 Å². The lowest BCUT2D eigenvalue weighted by Gasteiger charge is -2.23. The minimum Gasteiger partial charge on any atom is -0.457 e. The van der Waals surface area contributed by atoms with Gasteiger partial charge >= 0.3 is 0 Å². The average Bonchev–Trinajstić information content (AvgIpc) is 3.74. The highest BCUT2D eigenvalue weighted by Crippen LogP contribution is 2.45. The third kappa shape index (κ3) is 4.81. The Kier molecular flexibility index (Phi) is 7.82. The number of rotatable bonds is 3. The Hall–Kier alpha value is -6.64. The predicted molar refractivity (Wildman–Crippen MR) is 283 cm³/mol. The van der Waals surface area contributed by atoms with Crippen molar-refractivity contribution in [3.63, 3.8) is 0 Å². The van der Waals surface area contributed by atoms with Gasteiger partial charge in [-0.2, -0.15) is 0 Å². The Morgan fingerprint density at radius 3 is 1.28 bits per heavy atom. The zero-order valence-corrected chi connectivity index (χ0v) is 34.2. The largest absolute Gasteiger partial charge is 0.457 e. The van der Waals surface area contributed by atoms with E-state index in [-0.39, 0.29) is 54.9 Å². The van der Waals surface area contributed by atoms with E-state index < -0.39 is 0 Å². The van der Waals surface area contributed by atoms with E-state index in [2.05, 4.69) is 127 Å². The highest BCUT2D eigenvalue weighted by molar-refractivity contribution is 6.72. The summed E-state index contributed by atoms with van der Waals surface area (Å²) in [6, 6.07) is 45.8. The van der Waals surface area contributed by atoms with Gasteiger partial charge in [0.25, 0.3) is 0 Å². The van der Waals surface area contributed by atoms with E-state index in [1.165, 1.54) is 48.5 Å². The Morgan fingerprint density at radius 2 is 0.703 bits per heavy atom. The smallest absolute Gasteiger partial charge is 0.128 e. The highest BCUT2D eigenvalue weighted by atomic mass is 16.3. The lowest BCUT2D eigenvalue weighted by Crippen LogP contribution is -2.50. The molecular formula is C54H21B9O. The van der Waals surface area contributed by atoms with Crippen LogP contribution >= 0.6 is 0 Å². The molecule has 0 aliphatic carbocycles. The zero-order chi connectivity index (χ0) is 43.6. The summed E-state index contributed by atoms with van der Waals surface area (Å²) in [6.07, 6.45) is 0. The standard InChI is InChI=1S/C54H21B9O/c55-44-39(46(57)52(63)54-42(44)43-45(56)40-41(49(60)53(43)64-54)48(59)51(62)50(61)47(40)58)33-20-15-28(29-16-11-26-9-7-22-3-1-5-24-13-18-31(29)37(26)35(22)24)21-34(33)30-17-12-27-10-8-23-4-2-6-25-14-19-32(30)38(27)36(23)25/h1-21H. The van der Waals surface area contributed by atoms with Crippen LogP contribution in [0, 0.1) is 0 Å². The summed E-state index contributed by atoms with van der Waals surface area (Å²) in [6.45, 7) is 0. The fraction of sp³-hybridized carbons (Fsp3) is 0. The van der Waals surface area contributed by atoms with Crippen molar-refractivity contribution in [2.45, 2.75) is 0 Å². The van der Waals surface area contributed by atoms with Gasteiger partial charge in [-0.25, -0.2) is 0 Å². The molecule has 0 bridgehead atoms. The van der Waals surface area contributed by atoms with E-state index in [0.29, 0.717) is 32.6 Å². The molecule has 0 saturated heterocycles. The van der Waals surface area contributed by atoms with Crippen LogP contribution in [0.3, 0.4) is 0 Å². The van der Waals surface area contributed by atoms with Gasteiger partial charge in [0, 0.05) is 10.8 Å². The molecule has 0 aliphatic rings. The summed E-state index contributed by atoms with van der Waals surface area (Å²) < 4.78 is 6.47. The molecule has 18 radical (unpaired) electrons. The van der Waals surface area contributed by atoms with Crippen LogP contribution in [0.2, 0.25) is 0 Å². The zero-order valence-electron chi connectivity index (χ0n) is 34.2. The molecule has 0 spiro atoms. The predicted octanol–water partition coefficient (Wildman–Crippen LogP) is 4.68. The summed E-state index contributed by atoms with van der Waals surface area (Å²) in [7, 11) is 61.2. The lowest BCUT2D eigenvalue weighted by molar-refractivity contribution is 0.675. The second-order valence-electron chi connectivity index (χ2n) is 17.1. The van der Waals surface area contributed by atoms with Crippen molar-refractivity contribution < 1.29 is 4.42 Å². The first-order chi connectivity index (χ1) is 31.0. The van der Waals surface area contributed by atoms with Gasteiger partial charge in [-0.05, 0) is 120 Å². The first kappa shape index (κ1) is 37.9. The van der Waals surface area contributed by atoms with Crippen LogP contribution in [0.15, 0.2) is 132 Å². The molecule has 1 nitrogen and oxygen atoms in total. The number of hydrogen-bond acceptors (Lipinski definition) is 1. The van der Waals surface area contributed by atoms with E-state index in [0.717, 1.165) is 44.0 Å². The molecule has 12 aromatic carbocycles. The number of furan rings is 1. The van der Waals surface area contributed by atoms with Crippen molar-refractivity contribution in [2.24, 2.45) is 0 Å². The van der Waals surface area contributed by atoms with Crippen molar-refractivity contribution in [2.75, 3.05) is 0 Å². The fourth-order valence-corrected chi connectivity index (χ4v) is 10.9. The van der Waals surface area contributed by atoms with Crippen LogP contribution < -0.4 is 49.2 Å². The molecule has 0 amide bonds. The lowest BCUT2D eigenvalue weighted by atomic mass is 9.61. The average molecular weight is 783 g/mol. The number of benzene rings is 12. The van der Waals surface area contributed by atoms with E-state index in [4.69, 9.17) is 75.0 Å². The molecule has 0 fully saturated rings. The molecule has 0 aliphatic heterocycles. The van der Waals surface area contributed by atoms with Crippen LogP contribution in [0.4, 0.5) is 0 Å². The van der Waals surface area contributed by atoms with Crippen LogP contribution in [-0.2, 0) is 0 Å². The summed E-state index contributed by atoms with van der Waals surface area (Å²) in [5.74, 6) is 0. The first-order valence-electron chi connectivity index (χ1n) is 20.9. The van der Waals surface area contributed by atoms with Gasteiger partial charge in [-0.3, -0.25) is 0 Å². The normalized spacial score (nSPS) is 12.3. The monoisotopic (exact) mass is 784 g/mol. The molecule has 0 saturated carbocycles. The third-order valence-corrected chi connectivity index (χ3v) is 13.9. The topological polar surface area (TPSA) is 13.1 Å². The summed E-state index contributed by atoms with van der Waals surface area (Å²) in [5.41, 5.74) is 7.35. The Morgan fingerprint density at radius 1 is 0.266 bits per heavy atom. The number of fused-ring (bicyclic) bond motifs is 4. The second kappa shape index (κ2) is 13.2. The maximum atomic E-state index is 7.41. The summed E-state index contributed by atoms with van der Waals surface area (Å²) in [5, 5.41) is 15.7. The molecule has 0 N–H and O–H groups in total. The van der Waals surface area contributed by atoms with Crippen molar-refractivity contribution >= 4 is 217 Å². The molecule has 13 rings (SSSR count). The molecule has 270 valence electrons. The van der Waals surface area contributed by atoms with Gasteiger partial charge in [0.15, 0.2) is 0 Å². The Balaban J connectivity index is 1.15. The molecule has 0 unspecified atom stereocenters. The van der Waals surface area contributed by atoms with Gasteiger partial charge in [0.2, 0.25) is 0 Å². The van der Waals surface area contributed by atoms with Crippen molar-refractivity contribution in [3.8, 4) is 33.4 Å². The Labute approximate surface area is 380 Å². The van der Waals surface area contributed by atoms with Gasteiger partial charge in [-0.15, -0.1) is 10.9 Å². The minimum absolute atomic E-state index is 0.0991. The molecular weight excluding hydrogens is 762 g/mol. The minimum atomic E-state index is 0.0991. The molecule has 64 heavy (non-hydrogen) atoms. The third-order valence-electron chi connectivity index (χ3n) is 13.9. The van der Waals surface area contributed by atoms with Crippen molar-refractivity contribution in [1.82, 2.24) is 0 Å². The van der Waals surface area contributed by atoms with Gasteiger partial charge in [0.1, 0.15) is 81.8 Å². The summed E-state index contributed by atoms with van der Waals surface area (Å²) in [4.78, 5) is 0. The molecule has 1 aromatic heterocycles. The van der Waals surface area contributed by atoms with E-state index >= 15 is 0 Å². The molecule has 1 heterocycles. The molecule has 0 atom stereocenters. The molecule has 13 aromatic rings. The second-order valence-corrected chi connectivity index (χ2v) is 17.1.